The molecule has 0 bridgehead atoms. The number of nitrogens with two attached hydrogens (primary N) is 1. The Bertz CT molecular complexity index is 354. The first kappa shape index (κ1) is 13.5. The van der Waals surface area contributed by atoms with Crippen LogP contribution < -0.4 is 15.4 Å². The molecular weight excluding hydrogens is 218 g/mol. The molecule has 1 heterocycles. The van der Waals surface area contributed by atoms with E-state index in [4.69, 9.17) is 10.5 Å². The number of aromatic nitrogens is 3. The van der Waals surface area contributed by atoms with Crippen LogP contribution in [0.1, 0.15) is 34.1 Å². The molecule has 0 fully saturated rings. The predicted octanol–water partition coefficient (Wildman–Crippen LogP) is 1.48. The summed E-state index contributed by atoms with van der Waals surface area (Å²) in [5.74, 6) is 0.765. The summed E-state index contributed by atoms with van der Waals surface area (Å²) in [6.45, 7) is 9.74. The molecule has 6 nitrogen and oxygen atoms in total. The van der Waals surface area contributed by atoms with Crippen molar-refractivity contribution in [2.45, 2.75) is 40.2 Å². The number of nitrogen functional groups attached to an aromatic ring is 1. The van der Waals surface area contributed by atoms with Gasteiger partial charge in [-0.1, -0.05) is 6.92 Å². The van der Waals surface area contributed by atoms with Gasteiger partial charge in [-0.25, -0.2) is 0 Å². The zero-order valence-corrected chi connectivity index (χ0v) is 11.0. The van der Waals surface area contributed by atoms with Gasteiger partial charge in [0.2, 0.25) is 11.9 Å². The molecule has 6 heteroatoms. The standard InChI is InChI=1S/C11H21N5O/c1-5-8(4)17-11-14-9(12)13-10(15-11)16(6-2)7-3/h8H,5-7H2,1-4H3,(H2,12,13,14,15). The van der Waals surface area contributed by atoms with Crippen LogP contribution in [-0.4, -0.2) is 34.1 Å². The van der Waals surface area contributed by atoms with E-state index in [9.17, 15) is 0 Å². The SMILES string of the molecule is CCC(C)Oc1nc(N)nc(N(CC)CC)n1. The molecule has 0 aliphatic carbocycles. The normalized spacial score (nSPS) is 12.2. The molecule has 0 spiro atoms. The lowest BCUT2D eigenvalue weighted by Gasteiger charge is -2.19. The molecule has 0 saturated heterocycles. The summed E-state index contributed by atoms with van der Waals surface area (Å²) in [6, 6.07) is 0.300. The highest BCUT2D eigenvalue weighted by atomic mass is 16.5. The van der Waals surface area contributed by atoms with Crippen molar-refractivity contribution in [1.29, 1.82) is 0 Å². The topological polar surface area (TPSA) is 77.2 Å². The Morgan fingerprint density at radius 2 is 1.82 bits per heavy atom. The van der Waals surface area contributed by atoms with Crippen LogP contribution in [0.3, 0.4) is 0 Å². The second-order valence-electron chi connectivity index (χ2n) is 3.79. The smallest absolute Gasteiger partial charge is 0.323 e. The quantitative estimate of drug-likeness (QED) is 0.810. The second kappa shape index (κ2) is 6.22. The molecule has 17 heavy (non-hydrogen) atoms. The van der Waals surface area contributed by atoms with Crippen molar-refractivity contribution in [3.8, 4) is 6.01 Å². The molecule has 0 amide bonds. The van der Waals surface area contributed by atoms with Gasteiger partial charge in [0.15, 0.2) is 0 Å². The molecule has 0 aromatic carbocycles. The molecular formula is C11H21N5O. The van der Waals surface area contributed by atoms with Crippen LogP contribution in [0.15, 0.2) is 0 Å². The van der Waals surface area contributed by atoms with E-state index in [-0.39, 0.29) is 12.1 Å². The molecule has 1 unspecified atom stereocenters. The van der Waals surface area contributed by atoms with Crippen LogP contribution >= 0.6 is 0 Å². The first-order chi connectivity index (χ1) is 8.10. The van der Waals surface area contributed by atoms with Crippen LogP contribution in [0.5, 0.6) is 6.01 Å². The lowest BCUT2D eigenvalue weighted by molar-refractivity contribution is 0.199. The Morgan fingerprint density at radius 3 is 2.35 bits per heavy atom. The molecule has 1 atom stereocenters. The summed E-state index contributed by atoms with van der Waals surface area (Å²) >= 11 is 0. The minimum atomic E-state index is 0.0707. The molecule has 0 saturated carbocycles. The summed E-state index contributed by atoms with van der Waals surface area (Å²) in [7, 11) is 0. The van der Waals surface area contributed by atoms with Gasteiger partial charge in [0.25, 0.3) is 0 Å². The average molecular weight is 239 g/mol. The summed E-state index contributed by atoms with van der Waals surface area (Å²) in [5, 5.41) is 0. The zero-order valence-electron chi connectivity index (χ0n) is 11.0. The number of nitrogens with zero attached hydrogens (tertiary/aromatic N) is 4. The van der Waals surface area contributed by atoms with Crippen LogP contribution in [-0.2, 0) is 0 Å². The maximum absolute atomic E-state index is 5.65. The third-order valence-electron chi connectivity index (χ3n) is 2.55. The van der Waals surface area contributed by atoms with Crippen LogP contribution in [0, 0.1) is 0 Å². The van der Waals surface area contributed by atoms with Crippen LogP contribution in [0.25, 0.3) is 0 Å². The van der Waals surface area contributed by atoms with Gasteiger partial charge in [0, 0.05) is 13.1 Å². The molecule has 1 aromatic heterocycles. The van der Waals surface area contributed by atoms with Gasteiger partial charge in [-0.05, 0) is 27.2 Å². The van der Waals surface area contributed by atoms with Crippen LogP contribution in [0.2, 0.25) is 0 Å². The monoisotopic (exact) mass is 239 g/mol. The molecule has 0 radical (unpaired) electrons. The van der Waals surface area contributed by atoms with Crippen molar-refractivity contribution in [1.82, 2.24) is 15.0 Å². The van der Waals surface area contributed by atoms with E-state index in [0.29, 0.717) is 12.0 Å². The van der Waals surface area contributed by atoms with Gasteiger partial charge < -0.3 is 15.4 Å². The minimum Gasteiger partial charge on any atom is -0.460 e. The van der Waals surface area contributed by atoms with Crippen molar-refractivity contribution in [2.75, 3.05) is 23.7 Å². The Hall–Kier alpha value is -1.59. The maximum atomic E-state index is 5.65. The van der Waals surface area contributed by atoms with Gasteiger partial charge in [-0.15, -0.1) is 0 Å². The van der Waals surface area contributed by atoms with Gasteiger partial charge in [0.1, 0.15) is 0 Å². The van der Waals surface area contributed by atoms with E-state index in [1.165, 1.54) is 0 Å². The fraction of sp³-hybridized carbons (Fsp3) is 0.727. The van der Waals surface area contributed by atoms with E-state index in [2.05, 4.69) is 15.0 Å². The number of ether oxygens (including phenoxy) is 1. The van der Waals surface area contributed by atoms with Crippen LogP contribution in [0.4, 0.5) is 11.9 Å². The van der Waals surface area contributed by atoms with Gasteiger partial charge in [-0.2, -0.15) is 15.0 Å². The third-order valence-corrected chi connectivity index (χ3v) is 2.55. The largest absolute Gasteiger partial charge is 0.460 e. The second-order valence-corrected chi connectivity index (χ2v) is 3.79. The van der Waals surface area contributed by atoms with E-state index in [0.717, 1.165) is 19.5 Å². The molecule has 0 aliphatic rings. The highest BCUT2D eigenvalue weighted by Gasteiger charge is 2.11. The van der Waals surface area contributed by atoms with Crippen molar-refractivity contribution in [3.05, 3.63) is 0 Å². The molecule has 0 aliphatic heterocycles. The van der Waals surface area contributed by atoms with E-state index < -0.39 is 0 Å². The summed E-state index contributed by atoms with van der Waals surface area (Å²) < 4.78 is 5.56. The number of hydrogen-bond acceptors (Lipinski definition) is 6. The highest BCUT2D eigenvalue weighted by molar-refractivity contribution is 5.35. The minimum absolute atomic E-state index is 0.0707. The van der Waals surface area contributed by atoms with E-state index in [1.54, 1.807) is 0 Å². The summed E-state index contributed by atoms with van der Waals surface area (Å²) in [6.07, 6.45) is 0.966. The molecule has 96 valence electrons. The zero-order chi connectivity index (χ0) is 12.8. The summed E-state index contributed by atoms with van der Waals surface area (Å²) in [4.78, 5) is 14.4. The number of hydrogen-bond donors (Lipinski definition) is 1. The first-order valence-corrected chi connectivity index (χ1v) is 6.03. The Balaban J connectivity index is 2.93. The van der Waals surface area contributed by atoms with Crippen molar-refractivity contribution in [3.63, 3.8) is 0 Å². The van der Waals surface area contributed by atoms with Crippen molar-refractivity contribution >= 4 is 11.9 Å². The number of anilines is 2. The first-order valence-electron chi connectivity index (χ1n) is 6.03. The van der Waals surface area contributed by atoms with Crippen molar-refractivity contribution in [2.24, 2.45) is 0 Å². The van der Waals surface area contributed by atoms with Gasteiger partial charge in [0.05, 0.1) is 6.10 Å². The van der Waals surface area contributed by atoms with Gasteiger partial charge in [-0.3, -0.25) is 0 Å². The highest BCUT2D eigenvalue weighted by Crippen LogP contribution is 2.14. The Morgan fingerprint density at radius 1 is 1.18 bits per heavy atom. The summed E-state index contributed by atoms with van der Waals surface area (Å²) in [5.41, 5.74) is 5.65. The van der Waals surface area contributed by atoms with E-state index in [1.807, 2.05) is 32.6 Å². The Labute approximate surface area is 102 Å². The lowest BCUT2D eigenvalue weighted by Crippen LogP contribution is -2.25. The molecule has 1 aromatic rings. The number of rotatable bonds is 6. The maximum Gasteiger partial charge on any atom is 0.323 e. The van der Waals surface area contributed by atoms with Crippen molar-refractivity contribution < 1.29 is 4.74 Å². The average Bonchev–Trinajstić information content (AvgIpc) is 2.29. The lowest BCUT2D eigenvalue weighted by atomic mass is 10.3. The molecule has 2 N–H and O–H groups in total. The van der Waals surface area contributed by atoms with Gasteiger partial charge >= 0.3 is 6.01 Å². The predicted molar refractivity (Wildman–Crippen MR) is 68.2 cm³/mol. The fourth-order valence-corrected chi connectivity index (χ4v) is 1.32. The fourth-order valence-electron chi connectivity index (χ4n) is 1.32. The molecule has 1 rings (SSSR count). The van der Waals surface area contributed by atoms with E-state index >= 15 is 0 Å². The third kappa shape index (κ3) is 3.72. The Kier molecular flexibility index (Phi) is 4.93.